The Morgan fingerprint density at radius 1 is 1.15 bits per heavy atom. The van der Waals surface area contributed by atoms with Crippen molar-refractivity contribution in [1.29, 1.82) is 0 Å². The molecule has 1 N–H and O–H groups in total. The van der Waals surface area contributed by atoms with Crippen LogP contribution >= 0.6 is 22.9 Å². The first-order valence-electron chi connectivity index (χ1n) is 7.72. The average Bonchev–Trinajstić information content (AvgIpc) is 3.38. The lowest BCUT2D eigenvalue weighted by molar-refractivity contribution is -0.117. The van der Waals surface area contributed by atoms with Crippen molar-refractivity contribution in [3.05, 3.63) is 87.2 Å². The Morgan fingerprint density at radius 2 is 1.92 bits per heavy atom. The van der Waals surface area contributed by atoms with Crippen molar-refractivity contribution in [1.82, 2.24) is 0 Å². The second kappa shape index (κ2) is 6.48. The summed E-state index contributed by atoms with van der Waals surface area (Å²) in [4.78, 5) is 27.5. The minimum absolute atomic E-state index is 0.00218. The van der Waals surface area contributed by atoms with E-state index in [1.807, 2.05) is 0 Å². The van der Waals surface area contributed by atoms with Crippen molar-refractivity contribution in [2.24, 2.45) is 0 Å². The topological polar surface area (TPSA) is 70.8 Å². The number of furan rings is 1. The molecule has 0 bridgehead atoms. The zero-order chi connectivity index (χ0) is 18.3. The van der Waals surface area contributed by atoms with Crippen molar-refractivity contribution >= 4 is 40.3 Å². The fourth-order valence-corrected chi connectivity index (χ4v) is 3.77. The molecule has 1 aromatic carbocycles. The SMILES string of the molecule is O=C(C1=C(O)C(=O)N(c2ccc(Cl)cc2)C1c1ccco1)c1cccs1. The first-order chi connectivity index (χ1) is 12.6. The van der Waals surface area contributed by atoms with Crippen LogP contribution in [-0.2, 0) is 4.79 Å². The number of aliphatic hydroxyl groups is 1. The Bertz CT molecular complexity index is 991. The highest BCUT2D eigenvalue weighted by molar-refractivity contribution is 7.12. The number of rotatable bonds is 4. The number of amides is 1. The highest BCUT2D eigenvalue weighted by Crippen LogP contribution is 2.42. The van der Waals surface area contributed by atoms with E-state index in [4.69, 9.17) is 16.0 Å². The minimum Gasteiger partial charge on any atom is -0.503 e. The van der Waals surface area contributed by atoms with Gasteiger partial charge in [-0.25, -0.2) is 0 Å². The zero-order valence-corrected chi connectivity index (χ0v) is 14.8. The van der Waals surface area contributed by atoms with Gasteiger partial charge in [-0.15, -0.1) is 11.3 Å². The fourth-order valence-electron chi connectivity index (χ4n) is 2.96. The van der Waals surface area contributed by atoms with E-state index in [1.54, 1.807) is 53.9 Å². The van der Waals surface area contributed by atoms with Crippen molar-refractivity contribution in [3.8, 4) is 0 Å². The Hall–Kier alpha value is -2.83. The van der Waals surface area contributed by atoms with Crippen LogP contribution in [0.2, 0.25) is 5.02 Å². The third-order valence-electron chi connectivity index (χ3n) is 4.12. The number of ketones is 1. The number of benzene rings is 1. The van der Waals surface area contributed by atoms with E-state index in [9.17, 15) is 14.7 Å². The van der Waals surface area contributed by atoms with Crippen LogP contribution in [0, 0.1) is 0 Å². The monoisotopic (exact) mass is 385 g/mol. The van der Waals surface area contributed by atoms with Crippen LogP contribution in [0.25, 0.3) is 0 Å². The summed E-state index contributed by atoms with van der Waals surface area (Å²) in [5, 5.41) is 12.8. The fraction of sp³-hybridized carbons (Fsp3) is 0.0526. The molecule has 130 valence electrons. The zero-order valence-electron chi connectivity index (χ0n) is 13.3. The smallest absolute Gasteiger partial charge is 0.294 e. The summed E-state index contributed by atoms with van der Waals surface area (Å²) in [6, 6.07) is 12.5. The largest absolute Gasteiger partial charge is 0.503 e. The van der Waals surface area contributed by atoms with Crippen LogP contribution in [0.5, 0.6) is 0 Å². The molecular weight excluding hydrogens is 374 g/mol. The number of hydrogen-bond acceptors (Lipinski definition) is 5. The summed E-state index contributed by atoms with van der Waals surface area (Å²) in [6.45, 7) is 0. The molecule has 1 amide bonds. The van der Waals surface area contributed by atoms with Gasteiger partial charge in [-0.2, -0.15) is 0 Å². The van der Waals surface area contributed by atoms with Crippen LogP contribution in [0.3, 0.4) is 0 Å². The lowest BCUT2D eigenvalue weighted by Crippen LogP contribution is -2.30. The standard InChI is InChI=1S/C19H12ClNO4S/c20-11-5-7-12(8-6-11)21-16(13-3-1-9-25-13)15(18(23)19(21)24)17(22)14-4-2-10-26-14/h1-10,16,23H. The van der Waals surface area contributed by atoms with Gasteiger partial charge in [-0.3, -0.25) is 14.5 Å². The van der Waals surface area contributed by atoms with Gasteiger partial charge in [0.2, 0.25) is 5.78 Å². The molecule has 0 fully saturated rings. The Balaban J connectivity index is 1.86. The number of halogens is 1. The van der Waals surface area contributed by atoms with Gasteiger partial charge in [0.05, 0.1) is 16.7 Å². The van der Waals surface area contributed by atoms with Crippen LogP contribution < -0.4 is 4.90 Å². The van der Waals surface area contributed by atoms with E-state index < -0.39 is 23.5 Å². The molecule has 1 aliphatic rings. The van der Waals surface area contributed by atoms with E-state index in [1.165, 1.54) is 22.5 Å². The average molecular weight is 386 g/mol. The summed E-state index contributed by atoms with van der Waals surface area (Å²) >= 11 is 7.18. The normalized spacial score (nSPS) is 17.2. The molecule has 2 aromatic heterocycles. The van der Waals surface area contributed by atoms with Gasteiger partial charge < -0.3 is 9.52 Å². The lowest BCUT2D eigenvalue weighted by Gasteiger charge is -2.24. The number of anilines is 1. The quantitative estimate of drug-likeness (QED) is 0.656. The number of thiophene rings is 1. The molecular formula is C19H12ClNO4S. The lowest BCUT2D eigenvalue weighted by atomic mass is 10.00. The Kier molecular flexibility index (Phi) is 4.14. The van der Waals surface area contributed by atoms with Crippen molar-refractivity contribution in [3.63, 3.8) is 0 Å². The van der Waals surface area contributed by atoms with Gasteiger partial charge in [-0.1, -0.05) is 17.7 Å². The van der Waals surface area contributed by atoms with Crippen LogP contribution in [-0.4, -0.2) is 16.8 Å². The summed E-state index contributed by atoms with van der Waals surface area (Å²) in [6.07, 6.45) is 1.46. The van der Waals surface area contributed by atoms with E-state index in [2.05, 4.69) is 0 Å². The van der Waals surface area contributed by atoms with E-state index in [-0.39, 0.29) is 5.57 Å². The van der Waals surface area contributed by atoms with Crippen LogP contribution in [0.1, 0.15) is 21.5 Å². The van der Waals surface area contributed by atoms with Crippen LogP contribution in [0.4, 0.5) is 5.69 Å². The highest BCUT2D eigenvalue weighted by atomic mass is 35.5. The molecule has 3 heterocycles. The number of carbonyl (C=O) groups excluding carboxylic acids is 2. The van der Waals surface area contributed by atoms with Gasteiger partial charge >= 0.3 is 0 Å². The number of carbonyl (C=O) groups is 2. The Morgan fingerprint density at radius 3 is 2.54 bits per heavy atom. The van der Waals surface area contributed by atoms with Gasteiger partial charge in [0.15, 0.2) is 5.76 Å². The molecule has 1 aliphatic heterocycles. The number of hydrogen-bond donors (Lipinski definition) is 1. The second-order valence-corrected chi connectivity index (χ2v) is 7.02. The van der Waals surface area contributed by atoms with Gasteiger partial charge in [-0.05, 0) is 47.8 Å². The minimum atomic E-state index is -0.853. The molecule has 0 saturated carbocycles. The highest BCUT2D eigenvalue weighted by Gasteiger charge is 2.46. The van der Waals surface area contributed by atoms with Gasteiger partial charge in [0.25, 0.3) is 5.91 Å². The molecule has 1 unspecified atom stereocenters. The summed E-state index contributed by atoms with van der Waals surface area (Å²) in [7, 11) is 0. The molecule has 3 aromatic rings. The molecule has 1 atom stereocenters. The summed E-state index contributed by atoms with van der Waals surface area (Å²) in [5.74, 6) is -1.24. The van der Waals surface area contributed by atoms with Crippen molar-refractivity contribution in [2.45, 2.75) is 6.04 Å². The maximum atomic E-state index is 13.0. The predicted octanol–water partition coefficient (Wildman–Crippen LogP) is 4.78. The van der Waals surface area contributed by atoms with Crippen molar-refractivity contribution < 1.29 is 19.1 Å². The second-order valence-electron chi connectivity index (χ2n) is 5.64. The molecule has 7 heteroatoms. The molecule has 0 saturated heterocycles. The summed E-state index contributed by atoms with van der Waals surface area (Å²) < 4.78 is 5.47. The molecule has 0 aliphatic carbocycles. The van der Waals surface area contributed by atoms with E-state index >= 15 is 0 Å². The van der Waals surface area contributed by atoms with Gasteiger partial charge in [0.1, 0.15) is 11.8 Å². The first-order valence-corrected chi connectivity index (χ1v) is 8.97. The molecule has 0 spiro atoms. The third kappa shape index (κ3) is 2.64. The maximum Gasteiger partial charge on any atom is 0.294 e. The van der Waals surface area contributed by atoms with E-state index in [0.29, 0.717) is 21.3 Å². The Labute approximate surface area is 157 Å². The number of aliphatic hydroxyl groups excluding tert-OH is 1. The van der Waals surface area contributed by atoms with Crippen molar-refractivity contribution in [2.75, 3.05) is 4.90 Å². The molecule has 0 radical (unpaired) electrons. The third-order valence-corrected chi connectivity index (χ3v) is 5.24. The maximum absolute atomic E-state index is 13.0. The first kappa shape index (κ1) is 16.6. The van der Waals surface area contributed by atoms with E-state index in [0.717, 1.165) is 0 Å². The molecule has 5 nitrogen and oxygen atoms in total. The molecule has 4 rings (SSSR count). The molecule has 26 heavy (non-hydrogen) atoms. The number of nitrogens with zero attached hydrogens (tertiary/aromatic N) is 1. The number of Topliss-reactive ketones (excluding diaryl/α,β-unsaturated/α-hetero) is 1. The van der Waals surface area contributed by atoms with Gasteiger partial charge in [0, 0.05) is 10.7 Å². The van der Waals surface area contributed by atoms with Crippen LogP contribution in [0.15, 0.2) is 75.9 Å². The summed E-state index contributed by atoms with van der Waals surface area (Å²) in [5.41, 5.74) is 0.503. The predicted molar refractivity (Wildman–Crippen MR) is 98.7 cm³/mol.